The SMILES string of the molecule is CCC1(COc2ccc(C3(c4ccc(F)cc4)c4ccccc4-c4ccc(N(c5ccc(-c6cccc(-c7ccccc7)c6)cc5)c5ccc6c(c5)C(c5ccc(F)cc5)(c5ccc(OCC7(CC)COC7)cc5)c5ccccc5-6)cc43)cc2)COC1. The third-order valence-electron chi connectivity index (χ3n) is 19.4. The zero-order valence-electron chi connectivity index (χ0n) is 48.8. The van der Waals surface area contributed by atoms with Crippen molar-refractivity contribution in [2.24, 2.45) is 10.8 Å². The zero-order valence-corrected chi connectivity index (χ0v) is 48.8. The molecule has 5 nitrogen and oxygen atoms in total. The van der Waals surface area contributed by atoms with Gasteiger partial charge in [-0.1, -0.05) is 184 Å². The van der Waals surface area contributed by atoms with Gasteiger partial charge in [0.25, 0.3) is 0 Å². The third-order valence-corrected chi connectivity index (χ3v) is 19.4. The van der Waals surface area contributed by atoms with E-state index in [1.54, 1.807) is 24.3 Å². The molecule has 0 radical (unpaired) electrons. The fourth-order valence-corrected chi connectivity index (χ4v) is 14.2. The highest BCUT2D eigenvalue weighted by Crippen LogP contribution is 2.60. The Hall–Kier alpha value is -9.40. The minimum absolute atomic E-state index is 0.0171. The summed E-state index contributed by atoms with van der Waals surface area (Å²) in [5.74, 6) is 0.985. The molecule has 2 atom stereocenters. The molecule has 87 heavy (non-hydrogen) atoms. The summed E-state index contributed by atoms with van der Waals surface area (Å²) in [6.07, 6.45) is 1.96. The lowest BCUT2D eigenvalue weighted by Gasteiger charge is -2.40. The van der Waals surface area contributed by atoms with Crippen LogP contribution in [0.25, 0.3) is 44.5 Å². The summed E-state index contributed by atoms with van der Waals surface area (Å²) in [6, 6.07) is 90.3. The molecule has 0 aromatic heterocycles. The van der Waals surface area contributed by atoms with Gasteiger partial charge in [0.2, 0.25) is 0 Å². The normalized spacial score (nSPS) is 18.1. The summed E-state index contributed by atoms with van der Waals surface area (Å²) in [6.45, 7) is 8.34. The Morgan fingerprint density at radius 1 is 0.345 bits per heavy atom. The van der Waals surface area contributed by atoms with Crippen LogP contribution in [0.3, 0.4) is 0 Å². The van der Waals surface area contributed by atoms with Gasteiger partial charge in [-0.15, -0.1) is 0 Å². The molecule has 0 bridgehead atoms. The van der Waals surface area contributed by atoms with Crippen molar-refractivity contribution < 1.29 is 27.7 Å². The van der Waals surface area contributed by atoms with Crippen LogP contribution in [-0.4, -0.2) is 39.6 Å². The van der Waals surface area contributed by atoms with E-state index in [-0.39, 0.29) is 22.5 Å². The summed E-state index contributed by atoms with van der Waals surface area (Å²) in [7, 11) is 0. The number of ether oxygens (including phenoxy) is 4. The molecule has 7 heteroatoms. The Kier molecular flexibility index (Phi) is 13.6. The first-order valence-corrected chi connectivity index (χ1v) is 30.4. The maximum Gasteiger partial charge on any atom is 0.123 e. The van der Waals surface area contributed by atoms with Crippen molar-refractivity contribution in [3.05, 3.63) is 317 Å². The second-order valence-corrected chi connectivity index (χ2v) is 24.2. The lowest BCUT2D eigenvalue weighted by Crippen LogP contribution is -2.46. The van der Waals surface area contributed by atoms with Gasteiger partial charge in [0.15, 0.2) is 0 Å². The van der Waals surface area contributed by atoms with Gasteiger partial charge in [-0.25, -0.2) is 8.78 Å². The topological polar surface area (TPSA) is 40.2 Å². The molecular formula is C80H65F2NO4. The van der Waals surface area contributed by atoms with Gasteiger partial charge in [-0.2, -0.15) is 0 Å². The van der Waals surface area contributed by atoms with E-state index in [1.807, 2.05) is 30.3 Å². The highest BCUT2D eigenvalue weighted by atomic mass is 19.1. The Labute approximate surface area is 508 Å². The molecule has 2 heterocycles. The van der Waals surface area contributed by atoms with Gasteiger partial charge in [-0.3, -0.25) is 0 Å². The first kappa shape index (κ1) is 54.3. The third kappa shape index (κ3) is 9.09. The number of hydrogen-bond donors (Lipinski definition) is 0. The van der Waals surface area contributed by atoms with Crippen molar-refractivity contribution in [3.63, 3.8) is 0 Å². The van der Waals surface area contributed by atoms with Crippen LogP contribution < -0.4 is 14.4 Å². The molecule has 2 fully saturated rings. The van der Waals surface area contributed by atoms with Crippen LogP contribution in [0.4, 0.5) is 25.8 Å². The van der Waals surface area contributed by atoms with Gasteiger partial charge in [0, 0.05) is 17.1 Å². The lowest BCUT2D eigenvalue weighted by atomic mass is 9.67. The predicted molar refractivity (Wildman–Crippen MR) is 345 cm³/mol. The van der Waals surface area contributed by atoms with Gasteiger partial charge >= 0.3 is 0 Å². The van der Waals surface area contributed by atoms with Crippen molar-refractivity contribution in [1.82, 2.24) is 0 Å². The van der Waals surface area contributed by atoms with Gasteiger partial charge < -0.3 is 23.8 Å². The van der Waals surface area contributed by atoms with Crippen LogP contribution in [0, 0.1) is 22.5 Å². The lowest BCUT2D eigenvalue weighted by molar-refractivity contribution is -0.133. The second kappa shape index (κ2) is 21.8. The van der Waals surface area contributed by atoms with Gasteiger partial charge in [0.1, 0.15) is 23.1 Å². The molecule has 428 valence electrons. The summed E-state index contributed by atoms with van der Waals surface area (Å²) in [5, 5.41) is 0. The Bertz CT molecular complexity index is 4100. The van der Waals surface area contributed by atoms with Crippen LogP contribution in [0.2, 0.25) is 0 Å². The van der Waals surface area contributed by atoms with Crippen LogP contribution in [0.5, 0.6) is 11.5 Å². The van der Waals surface area contributed by atoms with Crippen molar-refractivity contribution in [3.8, 4) is 56.0 Å². The van der Waals surface area contributed by atoms with E-state index in [1.165, 1.54) is 0 Å². The Morgan fingerprint density at radius 3 is 1.13 bits per heavy atom. The fourth-order valence-electron chi connectivity index (χ4n) is 14.2. The van der Waals surface area contributed by atoms with Gasteiger partial charge in [-0.05, 0) is 193 Å². The van der Waals surface area contributed by atoms with Crippen molar-refractivity contribution in [2.75, 3.05) is 44.5 Å². The smallest absolute Gasteiger partial charge is 0.123 e. The van der Waals surface area contributed by atoms with Crippen molar-refractivity contribution in [1.29, 1.82) is 0 Å². The fraction of sp³-hybridized carbons (Fsp3) is 0.175. The number of benzene rings is 11. The molecule has 0 saturated carbocycles. The second-order valence-electron chi connectivity index (χ2n) is 24.2. The predicted octanol–water partition coefficient (Wildman–Crippen LogP) is 19.1. The maximum atomic E-state index is 15.3. The van der Waals surface area contributed by atoms with E-state index < -0.39 is 10.8 Å². The number of fused-ring (bicyclic) bond motifs is 6. The number of hydrogen-bond acceptors (Lipinski definition) is 5. The van der Waals surface area contributed by atoms with Crippen LogP contribution in [0.1, 0.15) is 71.2 Å². The highest BCUT2D eigenvalue weighted by Gasteiger charge is 2.49. The molecule has 0 spiro atoms. The monoisotopic (exact) mass is 1140 g/mol. The molecular weight excluding hydrogens is 1080 g/mol. The number of anilines is 3. The van der Waals surface area contributed by atoms with E-state index in [9.17, 15) is 0 Å². The first-order chi connectivity index (χ1) is 42.7. The number of nitrogens with zero attached hydrogens (tertiary/aromatic N) is 1. The van der Waals surface area contributed by atoms with Crippen LogP contribution >= 0.6 is 0 Å². The standard InChI is InChI=1S/C80H65F2NO4/c1-3-77(48-84-49-77)52-86-67-39-27-60(28-40-67)79(58-23-31-62(81)32-24-58)73-19-10-8-17-69(73)71-43-37-65(46-75(71)79)83(64-35-21-55(22-36-64)57-16-12-15-56(45-57)54-13-6-5-7-14-54)66-38-44-72-70-18-9-11-20-74(70)80(76(72)47-66,59-25-33-63(82)34-26-59)61-29-41-68(42-30-61)87-53-78(4-2)50-85-51-78/h5-47H,3-4,48-53H2,1-2H3. The van der Waals surface area contributed by atoms with E-state index in [2.05, 4.69) is 225 Å². The molecule has 2 unspecified atom stereocenters. The number of rotatable bonds is 17. The van der Waals surface area contributed by atoms with E-state index in [4.69, 9.17) is 18.9 Å². The molecule has 11 aromatic carbocycles. The molecule has 2 saturated heterocycles. The quantitative estimate of drug-likeness (QED) is 0.0909. The molecule has 2 aliphatic heterocycles. The minimum atomic E-state index is -0.865. The summed E-state index contributed by atoms with van der Waals surface area (Å²) < 4.78 is 54.9. The summed E-state index contributed by atoms with van der Waals surface area (Å²) in [5.41, 5.74) is 18.4. The maximum absolute atomic E-state index is 15.3. The van der Waals surface area contributed by atoms with Crippen molar-refractivity contribution >= 4 is 17.1 Å². The molecule has 11 aromatic rings. The molecule has 4 aliphatic rings. The largest absolute Gasteiger partial charge is 0.493 e. The Morgan fingerprint density at radius 2 is 0.713 bits per heavy atom. The minimum Gasteiger partial charge on any atom is -0.493 e. The van der Waals surface area contributed by atoms with Crippen molar-refractivity contribution in [2.45, 2.75) is 37.5 Å². The Balaban J connectivity index is 0.921. The highest BCUT2D eigenvalue weighted by molar-refractivity contribution is 5.92. The average molecular weight is 1140 g/mol. The molecule has 0 amide bonds. The van der Waals surface area contributed by atoms with E-state index >= 15 is 8.78 Å². The van der Waals surface area contributed by atoms with Crippen LogP contribution in [-0.2, 0) is 20.3 Å². The first-order valence-electron chi connectivity index (χ1n) is 30.4. The van der Waals surface area contributed by atoms with Crippen LogP contribution in [0.15, 0.2) is 261 Å². The average Bonchev–Trinajstić information content (AvgIpc) is 1.62. The summed E-state index contributed by atoms with van der Waals surface area (Å²) >= 11 is 0. The van der Waals surface area contributed by atoms with E-state index in [0.717, 1.165) is 130 Å². The summed E-state index contributed by atoms with van der Waals surface area (Å²) in [4.78, 5) is 2.37. The molecule has 0 N–H and O–H groups in total. The van der Waals surface area contributed by atoms with E-state index in [0.29, 0.717) is 39.6 Å². The molecule has 15 rings (SSSR count). The van der Waals surface area contributed by atoms with Gasteiger partial charge in [0.05, 0.1) is 61.3 Å². The molecule has 2 aliphatic carbocycles. The zero-order chi connectivity index (χ0) is 58.7. The number of halogens is 2.